The van der Waals surface area contributed by atoms with Crippen molar-refractivity contribution in [2.45, 2.75) is 0 Å². The smallest absolute Gasteiger partial charge is 0.410 e. The van der Waals surface area contributed by atoms with E-state index < -0.39 is 54.5 Å². The standard InChI is InChI=1S/C6H2N8O11/c15-11(16)5(12(17)18)1-3(9-24-7-1)23-4-2(8-25-10-4)6(13(19)20)14(21)22/h7-8H. The van der Waals surface area contributed by atoms with Gasteiger partial charge in [-0.2, -0.15) is 11.0 Å². The predicted molar refractivity (Wildman–Crippen MR) is 66.4 cm³/mol. The first-order valence-corrected chi connectivity index (χ1v) is 5.48. The van der Waals surface area contributed by atoms with Gasteiger partial charge in [-0.05, 0) is 10.3 Å². The summed E-state index contributed by atoms with van der Waals surface area (Å²) in [6.07, 6.45) is 0. The van der Waals surface area contributed by atoms with Crippen LogP contribution in [0.3, 0.4) is 0 Å². The molecule has 0 spiro atoms. The van der Waals surface area contributed by atoms with Gasteiger partial charge in [0.1, 0.15) is 19.7 Å². The summed E-state index contributed by atoms with van der Waals surface area (Å²) in [7, 11) is 0. The highest BCUT2D eigenvalue weighted by Gasteiger charge is 2.45. The Morgan fingerprint density at radius 3 is 1.36 bits per heavy atom. The molecular weight excluding hydrogens is 360 g/mol. The Balaban J connectivity index is 2.42. The summed E-state index contributed by atoms with van der Waals surface area (Å²) in [6, 6.07) is 0. The molecule has 0 aromatic carbocycles. The minimum absolute atomic E-state index is 0.960. The van der Waals surface area contributed by atoms with Crippen molar-refractivity contribution in [3.05, 3.63) is 63.5 Å². The largest absolute Gasteiger partial charge is 0.591 e. The maximum atomic E-state index is 10.7. The molecule has 0 saturated carbocycles. The maximum absolute atomic E-state index is 10.7. The van der Waals surface area contributed by atoms with Crippen molar-refractivity contribution in [2.75, 3.05) is 0 Å². The molecule has 2 heterocycles. The molecule has 0 fully saturated rings. The van der Waals surface area contributed by atoms with Gasteiger partial charge < -0.3 is 4.74 Å². The Morgan fingerprint density at radius 1 is 0.760 bits per heavy atom. The van der Waals surface area contributed by atoms with Crippen LogP contribution >= 0.6 is 0 Å². The fraction of sp³-hybridized carbons (Fsp3) is 0. The van der Waals surface area contributed by atoms with Crippen molar-refractivity contribution in [3.63, 3.8) is 0 Å². The topological polar surface area (TPSA) is 249 Å². The van der Waals surface area contributed by atoms with E-state index in [0.29, 0.717) is 0 Å². The lowest BCUT2D eigenvalue weighted by atomic mass is 10.4. The number of nitro groups is 4. The zero-order chi connectivity index (χ0) is 18.7. The fourth-order valence-corrected chi connectivity index (χ4v) is 1.41. The van der Waals surface area contributed by atoms with Crippen LogP contribution in [0.4, 0.5) is 0 Å². The van der Waals surface area contributed by atoms with Crippen LogP contribution in [0.1, 0.15) is 0 Å². The van der Waals surface area contributed by atoms with Crippen LogP contribution in [0.25, 0.3) is 0 Å². The van der Waals surface area contributed by atoms with Gasteiger partial charge in [-0.3, -0.25) is 50.3 Å². The number of nitrogens with one attached hydrogen (secondary N) is 2. The van der Waals surface area contributed by atoms with Crippen molar-refractivity contribution < 1.29 is 34.3 Å². The minimum Gasteiger partial charge on any atom is -0.410 e. The molecule has 19 nitrogen and oxygen atoms in total. The van der Waals surface area contributed by atoms with Crippen LogP contribution < -0.4 is 11.0 Å². The first-order valence-electron chi connectivity index (χ1n) is 5.48. The third kappa shape index (κ3) is 3.13. The summed E-state index contributed by atoms with van der Waals surface area (Å²) in [4.78, 5) is 45.6. The number of oxime groups is 2. The molecule has 2 aliphatic heterocycles. The molecular formula is C6H2N8O11. The number of hydrogen-bond acceptors (Lipinski definition) is 15. The number of hydroxylamine groups is 2. The Bertz CT molecular complexity index is 709. The third-order valence-electron chi connectivity index (χ3n) is 2.31. The molecule has 0 atom stereocenters. The van der Waals surface area contributed by atoms with Crippen molar-refractivity contribution in [3.8, 4) is 0 Å². The number of ether oxygens (including phenoxy) is 1. The number of nitrogens with zero attached hydrogens (tertiary/aromatic N) is 6. The van der Waals surface area contributed by atoms with Crippen LogP contribution in [0.5, 0.6) is 0 Å². The lowest BCUT2D eigenvalue weighted by molar-refractivity contribution is -0.617. The van der Waals surface area contributed by atoms with Crippen LogP contribution in [0.2, 0.25) is 0 Å². The fourth-order valence-electron chi connectivity index (χ4n) is 1.41. The van der Waals surface area contributed by atoms with Gasteiger partial charge in [0.15, 0.2) is 0 Å². The Kier molecular flexibility index (Phi) is 4.21. The second-order valence-electron chi connectivity index (χ2n) is 3.71. The van der Waals surface area contributed by atoms with E-state index >= 15 is 0 Å². The van der Waals surface area contributed by atoms with E-state index in [9.17, 15) is 40.5 Å². The van der Waals surface area contributed by atoms with E-state index in [-0.39, 0.29) is 0 Å². The van der Waals surface area contributed by atoms with Crippen molar-refractivity contribution >= 4 is 11.8 Å². The molecule has 0 bridgehead atoms. The average Bonchev–Trinajstić information content (AvgIpc) is 3.09. The van der Waals surface area contributed by atoms with Gasteiger partial charge in [0, 0.05) is 0 Å². The molecule has 0 saturated heterocycles. The average molecular weight is 362 g/mol. The molecule has 0 unspecified atom stereocenters. The highest BCUT2D eigenvalue weighted by atomic mass is 16.8. The van der Waals surface area contributed by atoms with E-state index in [1.807, 2.05) is 0 Å². The molecule has 0 aromatic rings. The van der Waals surface area contributed by atoms with Gasteiger partial charge in [0.05, 0.1) is 0 Å². The summed E-state index contributed by atoms with van der Waals surface area (Å²) in [5.41, 5.74) is 1.44. The summed E-state index contributed by atoms with van der Waals surface area (Å²) in [6.45, 7) is 0. The Labute approximate surface area is 132 Å². The van der Waals surface area contributed by atoms with Gasteiger partial charge in [0.25, 0.3) is 11.4 Å². The highest BCUT2D eigenvalue weighted by molar-refractivity contribution is 6.06. The number of rotatable bonds is 4. The van der Waals surface area contributed by atoms with Crippen LogP contribution in [-0.4, -0.2) is 31.5 Å². The second kappa shape index (κ2) is 6.27. The van der Waals surface area contributed by atoms with Crippen molar-refractivity contribution in [1.82, 2.24) is 11.0 Å². The summed E-state index contributed by atoms with van der Waals surface area (Å²) >= 11 is 0. The molecule has 2 rings (SSSR count). The molecule has 19 heteroatoms. The highest BCUT2D eigenvalue weighted by Crippen LogP contribution is 2.17. The van der Waals surface area contributed by atoms with E-state index in [1.54, 1.807) is 11.0 Å². The summed E-state index contributed by atoms with van der Waals surface area (Å²) < 4.78 is 4.75. The van der Waals surface area contributed by atoms with Gasteiger partial charge in [-0.15, -0.1) is 0 Å². The zero-order valence-electron chi connectivity index (χ0n) is 11.2. The van der Waals surface area contributed by atoms with E-state index in [1.165, 1.54) is 0 Å². The lowest BCUT2D eigenvalue weighted by Crippen LogP contribution is -2.27. The minimum atomic E-state index is -1.64. The third-order valence-corrected chi connectivity index (χ3v) is 2.31. The van der Waals surface area contributed by atoms with Gasteiger partial charge in [-0.1, -0.05) is 0 Å². The van der Waals surface area contributed by atoms with Crippen LogP contribution in [0, 0.1) is 40.5 Å². The van der Waals surface area contributed by atoms with Gasteiger partial charge >= 0.3 is 23.4 Å². The predicted octanol–water partition coefficient (Wildman–Crippen LogP) is -1.86. The molecule has 0 radical (unpaired) electrons. The quantitative estimate of drug-likeness (QED) is 0.411. The maximum Gasteiger partial charge on any atom is 0.591 e. The molecule has 0 aliphatic carbocycles. The first-order chi connectivity index (χ1) is 11.7. The van der Waals surface area contributed by atoms with Gasteiger partial charge in [-0.25, -0.2) is 0 Å². The molecule has 25 heavy (non-hydrogen) atoms. The normalized spacial score (nSPS) is 14.9. The molecule has 2 aliphatic rings. The van der Waals surface area contributed by atoms with Crippen LogP contribution in [-0.2, 0) is 14.6 Å². The van der Waals surface area contributed by atoms with Crippen molar-refractivity contribution in [1.29, 1.82) is 0 Å². The van der Waals surface area contributed by atoms with Crippen LogP contribution in [0.15, 0.2) is 33.3 Å². The Hall–Kier alpha value is -4.58. The lowest BCUT2D eigenvalue weighted by Gasteiger charge is -2.00. The second-order valence-corrected chi connectivity index (χ2v) is 3.71. The summed E-state index contributed by atoms with van der Waals surface area (Å²) in [5, 5.41) is 48.9. The van der Waals surface area contributed by atoms with E-state index in [4.69, 9.17) is 4.74 Å². The van der Waals surface area contributed by atoms with E-state index in [0.717, 1.165) is 0 Å². The molecule has 0 aromatic heterocycles. The SMILES string of the molecule is O=[N+]([O-])C(=C1NON=C1OC1=NONC1=C([N+](=O)[O-])[N+](=O)[O-])[N+](=O)[O-]. The first kappa shape index (κ1) is 16.8. The molecule has 0 amide bonds. The van der Waals surface area contributed by atoms with E-state index in [2.05, 4.69) is 20.2 Å². The van der Waals surface area contributed by atoms with Crippen molar-refractivity contribution in [2.24, 2.45) is 10.3 Å². The number of hydrogen-bond donors (Lipinski definition) is 2. The van der Waals surface area contributed by atoms with Gasteiger partial charge in [0.2, 0.25) is 0 Å². The molecule has 2 N–H and O–H groups in total. The zero-order valence-corrected chi connectivity index (χ0v) is 11.2. The monoisotopic (exact) mass is 362 g/mol. The summed E-state index contributed by atoms with van der Waals surface area (Å²) in [5.74, 6) is -5.20. The Morgan fingerprint density at radius 2 is 1.08 bits per heavy atom. The molecule has 132 valence electrons.